The van der Waals surface area contributed by atoms with Crippen LogP contribution in [0.1, 0.15) is 46.0 Å². The van der Waals surface area contributed by atoms with Crippen LogP contribution in [-0.4, -0.2) is 24.3 Å². The molecule has 0 bridgehead atoms. The van der Waals surface area contributed by atoms with Gasteiger partial charge in [-0.25, -0.2) is 0 Å². The standard InChI is InChI=1S/C12H25NO/c1-3-10(7-8-14)9-13-12(4-2)11-5-6-11/h10-14H,3-9H2,1-2H3. The molecular formula is C12H25NO. The highest BCUT2D eigenvalue weighted by Crippen LogP contribution is 2.33. The Morgan fingerprint density at radius 3 is 2.43 bits per heavy atom. The van der Waals surface area contributed by atoms with Crippen LogP contribution in [0, 0.1) is 11.8 Å². The highest BCUT2D eigenvalue weighted by Gasteiger charge is 2.29. The molecule has 1 fully saturated rings. The SMILES string of the molecule is CCC(CCO)CNC(CC)C1CC1. The average molecular weight is 199 g/mol. The molecule has 2 N–H and O–H groups in total. The van der Waals surface area contributed by atoms with E-state index >= 15 is 0 Å². The van der Waals surface area contributed by atoms with Crippen molar-refractivity contribution in [1.82, 2.24) is 5.32 Å². The van der Waals surface area contributed by atoms with E-state index < -0.39 is 0 Å². The lowest BCUT2D eigenvalue weighted by molar-refractivity contribution is 0.246. The molecule has 2 nitrogen and oxygen atoms in total. The van der Waals surface area contributed by atoms with Crippen molar-refractivity contribution >= 4 is 0 Å². The number of aliphatic hydroxyl groups excluding tert-OH is 1. The largest absolute Gasteiger partial charge is 0.396 e. The zero-order chi connectivity index (χ0) is 10.4. The third-order valence-corrected chi connectivity index (χ3v) is 3.41. The van der Waals surface area contributed by atoms with Crippen molar-refractivity contribution in [2.24, 2.45) is 11.8 Å². The minimum atomic E-state index is 0.334. The van der Waals surface area contributed by atoms with E-state index in [2.05, 4.69) is 19.2 Å². The van der Waals surface area contributed by atoms with Crippen LogP contribution in [0.4, 0.5) is 0 Å². The summed E-state index contributed by atoms with van der Waals surface area (Å²) in [5.41, 5.74) is 0. The van der Waals surface area contributed by atoms with Crippen LogP contribution < -0.4 is 5.32 Å². The maximum absolute atomic E-state index is 8.88. The first kappa shape index (κ1) is 12.0. The summed E-state index contributed by atoms with van der Waals surface area (Å²) >= 11 is 0. The maximum atomic E-state index is 8.88. The van der Waals surface area contributed by atoms with E-state index in [1.54, 1.807) is 0 Å². The van der Waals surface area contributed by atoms with Gasteiger partial charge < -0.3 is 10.4 Å². The van der Waals surface area contributed by atoms with E-state index in [9.17, 15) is 0 Å². The van der Waals surface area contributed by atoms with Crippen molar-refractivity contribution in [3.63, 3.8) is 0 Å². The molecule has 0 aromatic carbocycles. The van der Waals surface area contributed by atoms with E-state index in [1.807, 2.05) is 0 Å². The summed E-state index contributed by atoms with van der Waals surface area (Å²) in [6.07, 6.45) is 6.21. The first-order chi connectivity index (χ1) is 6.81. The Bertz CT molecular complexity index is 145. The van der Waals surface area contributed by atoms with Gasteiger partial charge in [0.05, 0.1) is 0 Å². The van der Waals surface area contributed by atoms with Crippen molar-refractivity contribution in [3.05, 3.63) is 0 Å². The fourth-order valence-corrected chi connectivity index (χ4v) is 2.09. The Morgan fingerprint density at radius 2 is 2.00 bits per heavy atom. The second-order valence-electron chi connectivity index (χ2n) is 4.55. The molecule has 0 amide bonds. The first-order valence-electron chi connectivity index (χ1n) is 6.16. The summed E-state index contributed by atoms with van der Waals surface area (Å²) in [7, 11) is 0. The number of nitrogens with one attached hydrogen (secondary N) is 1. The second kappa shape index (κ2) is 6.41. The molecule has 14 heavy (non-hydrogen) atoms. The van der Waals surface area contributed by atoms with Crippen LogP contribution in [-0.2, 0) is 0 Å². The van der Waals surface area contributed by atoms with Crippen LogP contribution in [0.25, 0.3) is 0 Å². The fourth-order valence-electron chi connectivity index (χ4n) is 2.09. The lowest BCUT2D eigenvalue weighted by atomic mass is 10.0. The van der Waals surface area contributed by atoms with Crippen LogP contribution in [0.2, 0.25) is 0 Å². The highest BCUT2D eigenvalue weighted by atomic mass is 16.3. The second-order valence-corrected chi connectivity index (χ2v) is 4.55. The Hall–Kier alpha value is -0.0800. The first-order valence-corrected chi connectivity index (χ1v) is 6.16. The maximum Gasteiger partial charge on any atom is 0.0434 e. The van der Waals surface area contributed by atoms with E-state index in [-0.39, 0.29) is 0 Å². The van der Waals surface area contributed by atoms with Gasteiger partial charge in [0.15, 0.2) is 0 Å². The Balaban J connectivity index is 2.14. The molecule has 2 unspecified atom stereocenters. The highest BCUT2D eigenvalue weighted by molar-refractivity contribution is 4.85. The number of hydrogen-bond donors (Lipinski definition) is 2. The molecule has 0 heterocycles. The summed E-state index contributed by atoms with van der Waals surface area (Å²) in [5.74, 6) is 1.61. The Kier molecular flexibility index (Phi) is 5.49. The van der Waals surface area contributed by atoms with Crippen molar-refractivity contribution in [3.8, 4) is 0 Å². The van der Waals surface area contributed by atoms with Gasteiger partial charge in [-0.2, -0.15) is 0 Å². The van der Waals surface area contributed by atoms with Crippen LogP contribution >= 0.6 is 0 Å². The molecule has 2 atom stereocenters. The van der Waals surface area contributed by atoms with E-state index in [0.29, 0.717) is 12.5 Å². The predicted molar refractivity (Wildman–Crippen MR) is 60.3 cm³/mol. The molecule has 0 spiro atoms. The topological polar surface area (TPSA) is 32.3 Å². The smallest absolute Gasteiger partial charge is 0.0434 e. The number of rotatable bonds is 8. The van der Waals surface area contributed by atoms with Gasteiger partial charge in [0.2, 0.25) is 0 Å². The zero-order valence-electron chi connectivity index (χ0n) is 9.63. The van der Waals surface area contributed by atoms with E-state index in [1.165, 1.54) is 25.7 Å². The van der Waals surface area contributed by atoms with E-state index in [0.717, 1.165) is 24.9 Å². The molecule has 1 rings (SSSR count). The molecule has 0 radical (unpaired) electrons. The zero-order valence-corrected chi connectivity index (χ0v) is 9.63. The molecule has 1 aliphatic rings. The third-order valence-electron chi connectivity index (χ3n) is 3.41. The van der Waals surface area contributed by atoms with Gasteiger partial charge in [-0.3, -0.25) is 0 Å². The molecule has 84 valence electrons. The molecule has 0 saturated heterocycles. The van der Waals surface area contributed by atoms with Crippen LogP contribution in [0.15, 0.2) is 0 Å². The van der Waals surface area contributed by atoms with Crippen molar-refractivity contribution < 1.29 is 5.11 Å². The van der Waals surface area contributed by atoms with Crippen LogP contribution in [0.5, 0.6) is 0 Å². The molecule has 0 aliphatic heterocycles. The summed E-state index contributed by atoms with van der Waals surface area (Å²) in [6.45, 7) is 5.90. The van der Waals surface area contributed by atoms with Gasteiger partial charge in [-0.05, 0) is 44.1 Å². The Morgan fingerprint density at radius 1 is 1.29 bits per heavy atom. The number of aliphatic hydroxyl groups is 1. The van der Waals surface area contributed by atoms with Gasteiger partial charge >= 0.3 is 0 Å². The lowest BCUT2D eigenvalue weighted by Gasteiger charge is -2.20. The minimum absolute atomic E-state index is 0.334. The molecule has 1 aliphatic carbocycles. The summed E-state index contributed by atoms with van der Waals surface area (Å²) in [6, 6.07) is 0.739. The normalized spacial score (nSPS) is 20.8. The van der Waals surface area contributed by atoms with Gasteiger partial charge in [-0.1, -0.05) is 20.3 Å². The summed E-state index contributed by atoms with van der Waals surface area (Å²) in [5, 5.41) is 12.5. The monoisotopic (exact) mass is 199 g/mol. The van der Waals surface area contributed by atoms with Gasteiger partial charge in [0.1, 0.15) is 0 Å². The van der Waals surface area contributed by atoms with Crippen molar-refractivity contribution in [2.45, 2.75) is 52.0 Å². The molecule has 0 aromatic heterocycles. The van der Waals surface area contributed by atoms with Crippen molar-refractivity contribution in [2.75, 3.05) is 13.2 Å². The average Bonchev–Trinajstić information content (AvgIpc) is 3.01. The molecule has 0 aromatic rings. The Labute approximate surface area is 88.1 Å². The summed E-state index contributed by atoms with van der Waals surface area (Å²) in [4.78, 5) is 0. The third kappa shape index (κ3) is 3.97. The van der Waals surface area contributed by atoms with Gasteiger partial charge in [0.25, 0.3) is 0 Å². The fraction of sp³-hybridized carbons (Fsp3) is 1.00. The quantitative estimate of drug-likeness (QED) is 0.628. The predicted octanol–water partition coefficient (Wildman–Crippen LogP) is 2.17. The molecular weight excluding hydrogens is 174 g/mol. The lowest BCUT2D eigenvalue weighted by Crippen LogP contribution is -2.34. The van der Waals surface area contributed by atoms with Gasteiger partial charge in [0, 0.05) is 12.6 Å². The van der Waals surface area contributed by atoms with Gasteiger partial charge in [-0.15, -0.1) is 0 Å². The van der Waals surface area contributed by atoms with Crippen LogP contribution in [0.3, 0.4) is 0 Å². The minimum Gasteiger partial charge on any atom is -0.396 e. The van der Waals surface area contributed by atoms with Crippen molar-refractivity contribution in [1.29, 1.82) is 0 Å². The van der Waals surface area contributed by atoms with E-state index in [4.69, 9.17) is 5.11 Å². The summed E-state index contributed by atoms with van der Waals surface area (Å²) < 4.78 is 0. The number of hydrogen-bond acceptors (Lipinski definition) is 2. The molecule has 1 saturated carbocycles. The molecule has 2 heteroatoms.